The van der Waals surface area contributed by atoms with Crippen LogP contribution in [0.25, 0.3) is 0 Å². The first kappa shape index (κ1) is 25.1. The second kappa shape index (κ2) is 8.30. The number of carbonyl (C=O) groups is 3. The average molecular weight is 553 g/mol. The summed E-state index contributed by atoms with van der Waals surface area (Å²) < 4.78 is 5.97. The van der Waals surface area contributed by atoms with Crippen molar-refractivity contribution in [3.05, 3.63) is 29.3 Å². The van der Waals surface area contributed by atoms with Gasteiger partial charge < -0.3 is 42.0 Å². The number of para-hydroxylation sites is 1. The van der Waals surface area contributed by atoms with E-state index in [9.17, 15) is 24.6 Å². The molecule has 14 nitrogen and oxygen atoms in total. The van der Waals surface area contributed by atoms with Crippen LogP contribution >= 0.6 is 0 Å². The molecule has 3 fully saturated rings. The third-order valence-electron chi connectivity index (χ3n) is 9.60. The van der Waals surface area contributed by atoms with Crippen molar-refractivity contribution in [1.82, 2.24) is 20.4 Å². The van der Waals surface area contributed by atoms with Crippen molar-refractivity contribution < 1.29 is 29.3 Å². The fourth-order valence-corrected chi connectivity index (χ4v) is 7.38. The number of nitrogens with two attached hydrogens (primary N) is 2. The number of imide groups is 1. The highest BCUT2D eigenvalue weighted by molar-refractivity contribution is 6.02. The van der Waals surface area contributed by atoms with Crippen LogP contribution in [-0.4, -0.2) is 98.9 Å². The molecule has 0 aromatic heterocycles. The number of likely N-dealkylation sites (tertiary alicyclic amines) is 1. The number of hydrogen-bond donors (Lipinski definition) is 6. The molecule has 1 aromatic rings. The van der Waals surface area contributed by atoms with Crippen molar-refractivity contribution in [2.24, 2.45) is 21.5 Å². The Morgan fingerprint density at radius 3 is 2.60 bits per heavy atom. The molecule has 14 heteroatoms. The van der Waals surface area contributed by atoms with Crippen LogP contribution in [0.3, 0.4) is 0 Å². The van der Waals surface area contributed by atoms with E-state index in [1.54, 1.807) is 6.07 Å². The van der Waals surface area contributed by atoms with Gasteiger partial charge in [0.25, 0.3) is 5.91 Å². The molecule has 2 saturated heterocycles. The van der Waals surface area contributed by atoms with E-state index in [2.05, 4.69) is 20.6 Å². The maximum atomic E-state index is 13.6. The lowest BCUT2D eigenvalue weighted by Gasteiger charge is -2.49. The quantitative estimate of drug-likeness (QED) is 0.176. The third-order valence-corrected chi connectivity index (χ3v) is 9.60. The summed E-state index contributed by atoms with van der Waals surface area (Å²) in [4.78, 5) is 49.6. The Bertz CT molecular complexity index is 1370. The molecule has 6 aliphatic rings. The lowest BCUT2D eigenvalue weighted by Crippen LogP contribution is -2.78. The number of hydrogen-bond acceptors (Lipinski definition) is 12. The van der Waals surface area contributed by atoms with Gasteiger partial charge in [0.2, 0.25) is 17.6 Å². The minimum absolute atomic E-state index is 0.0302. The monoisotopic (exact) mass is 552 g/mol. The number of benzene rings is 1. The summed E-state index contributed by atoms with van der Waals surface area (Å²) in [7, 11) is 0. The van der Waals surface area contributed by atoms with Gasteiger partial charge in [-0.15, -0.1) is 0 Å². The summed E-state index contributed by atoms with van der Waals surface area (Å²) in [5, 5.41) is 29.1. The Labute approximate surface area is 229 Å². The summed E-state index contributed by atoms with van der Waals surface area (Å²) in [6.07, 6.45) is 4.34. The van der Waals surface area contributed by atoms with E-state index < -0.39 is 35.5 Å². The second-order valence-electron chi connectivity index (χ2n) is 11.6. The minimum Gasteiger partial charge on any atom is -0.492 e. The lowest BCUT2D eigenvalue weighted by molar-refractivity contribution is -0.230. The predicted molar refractivity (Wildman–Crippen MR) is 140 cm³/mol. The van der Waals surface area contributed by atoms with Gasteiger partial charge >= 0.3 is 0 Å². The summed E-state index contributed by atoms with van der Waals surface area (Å²) >= 11 is 0. The van der Waals surface area contributed by atoms with Crippen molar-refractivity contribution in [2.45, 2.75) is 73.5 Å². The zero-order valence-corrected chi connectivity index (χ0v) is 21.8. The van der Waals surface area contributed by atoms with Crippen molar-refractivity contribution in [3.8, 4) is 5.75 Å². The van der Waals surface area contributed by atoms with Crippen LogP contribution in [0, 0.1) is 0 Å². The van der Waals surface area contributed by atoms with E-state index in [-0.39, 0.29) is 55.1 Å². The Hall–Kier alpha value is -3.91. The van der Waals surface area contributed by atoms with Crippen molar-refractivity contribution in [2.75, 3.05) is 19.7 Å². The Balaban J connectivity index is 1.19. The SMILES string of the molecule is NC1=N[C@H]2[C@H](CN3C(=O)CCC3=O)N=C(N)N3CC(NC(=O)c4cccc5c4OCCC54CCC4)C(O)(O)[C@]23N1. The Morgan fingerprint density at radius 2 is 1.90 bits per heavy atom. The Morgan fingerprint density at radius 1 is 1.15 bits per heavy atom. The maximum Gasteiger partial charge on any atom is 0.255 e. The number of fused-ring (bicyclic) bond motifs is 2. The van der Waals surface area contributed by atoms with E-state index in [1.165, 1.54) is 4.90 Å². The number of carbonyl (C=O) groups excluding carboxylic acids is 3. The molecule has 0 radical (unpaired) electrons. The third kappa shape index (κ3) is 3.19. The highest BCUT2D eigenvalue weighted by Gasteiger charge is 2.73. The summed E-state index contributed by atoms with van der Waals surface area (Å²) in [5.41, 5.74) is 11.9. The fourth-order valence-electron chi connectivity index (χ4n) is 7.38. The standard InChI is InChI=1S/C26H32N8O6/c27-22-31-20-15(11-33-17(35)5-6-18(33)36)29-23(28)34-12-16(26(38,39)25(20,34)32-22)30-21(37)13-3-1-4-14-19(13)40-10-9-24(14)7-2-8-24/h1,3-4,15-16,20,38-39H,2,5-12H2,(H2,28,29)(H,30,37)(H3,27,31,32)/t15-,16?,20-,25-/m0/s1. The largest absolute Gasteiger partial charge is 0.492 e. The number of ether oxygens (including phenoxy) is 1. The first-order valence-electron chi connectivity index (χ1n) is 13.6. The first-order valence-corrected chi connectivity index (χ1v) is 13.6. The van der Waals surface area contributed by atoms with Crippen LogP contribution in [0.2, 0.25) is 0 Å². The molecule has 1 aliphatic carbocycles. The van der Waals surface area contributed by atoms with Gasteiger partial charge in [0.15, 0.2) is 17.6 Å². The van der Waals surface area contributed by atoms with E-state index in [4.69, 9.17) is 16.2 Å². The molecular weight excluding hydrogens is 520 g/mol. The number of aliphatic hydroxyl groups is 2. The molecule has 1 aromatic carbocycles. The van der Waals surface area contributed by atoms with Crippen molar-refractivity contribution in [1.29, 1.82) is 0 Å². The van der Waals surface area contributed by atoms with Crippen LogP contribution < -0.4 is 26.8 Å². The molecule has 4 atom stereocenters. The maximum absolute atomic E-state index is 13.6. The summed E-state index contributed by atoms with van der Waals surface area (Å²) in [6, 6.07) is 2.33. The number of guanidine groups is 2. The number of aliphatic imine (C=N–C) groups is 2. The molecule has 5 aliphatic heterocycles. The number of nitrogens with one attached hydrogen (secondary N) is 2. The molecule has 5 heterocycles. The molecule has 1 saturated carbocycles. The lowest BCUT2D eigenvalue weighted by atomic mass is 9.61. The number of rotatable bonds is 4. The average Bonchev–Trinajstić information content (AvgIpc) is 3.49. The first-order chi connectivity index (χ1) is 19.1. The van der Waals surface area contributed by atoms with Crippen molar-refractivity contribution in [3.63, 3.8) is 0 Å². The van der Waals surface area contributed by atoms with Gasteiger partial charge in [0.1, 0.15) is 17.8 Å². The predicted octanol–water partition coefficient (Wildman–Crippen LogP) is -2.19. The van der Waals surface area contributed by atoms with E-state index >= 15 is 0 Å². The molecule has 40 heavy (non-hydrogen) atoms. The van der Waals surface area contributed by atoms with Crippen LogP contribution in [0.15, 0.2) is 28.2 Å². The van der Waals surface area contributed by atoms with Gasteiger partial charge in [-0.2, -0.15) is 0 Å². The zero-order valence-electron chi connectivity index (χ0n) is 21.8. The van der Waals surface area contributed by atoms with Crippen LogP contribution in [0.4, 0.5) is 0 Å². The highest BCUT2D eigenvalue weighted by atomic mass is 16.5. The topological polar surface area (TPSA) is 208 Å². The second-order valence-corrected chi connectivity index (χ2v) is 11.6. The normalized spacial score (nSPS) is 32.8. The zero-order chi connectivity index (χ0) is 28.0. The Kier molecular flexibility index (Phi) is 5.21. The molecule has 1 unspecified atom stereocenters. The molecule has 3 amide bonds. The van der Waals surface area contributed by atoms with Gasteiger partial charge in [-0.3, -0.25) is 19.3 Å². The highest BCUT2D eigenvalue weighted by Crippen LogP contribution is 2.52. The van der Waals surface area contributed by atoms with Crippen molar-refractivity contribution >= 4 is 29.6 Å². The van der Waals surface area contributed by atoms with E-state index in [1.807, 2.05) is 12.1 Å². The van der Waals surface area contributed by atoms with Crippen LogP contribution in [0.5, 0.6) is 5.75 Å². The van der Waals surface area contributed by atoms with Gasteiger partial charge in [0.05, 0.1) is 24.8 Å². The molecular formula is C26H32N8O6. The van der Waals surface area contributed by atoms with Crippen LogP contribution in [0.1, 0.15) is 54.4 Å². The smallest absolute Gasteiger partial charge is 0.255 e. The summed E-state index contributed by atoms with van der Waals surface area (Å²) in [5.74, 6) is -3.45. The van der Waals surface area contributed by atoms with E-state index in [0.29, 0.717) is 17.9 Å². The summed E-state index contributed by atoms with van der Waals surface area (Å²) in [6.45, 7) is 0.258. The molecule has 212 valence electrons. The van der Waals surface area contributed by atoms with Gasteiger partial charge in [0, 0.05) is 30.4 Å². The van der Waals surface area contributed by atoms with Crippen LogP contribution in [-0.2, 0) is 15.0 Å². The molecule has 7 rings (SSSR count). The molecule has 2 spiro atoms. The molecule has 8 N–H and O–H groups in total. The van der Waals surface area contributed by atoms with Gasteiger partial charge in [-0.1, -0.05) is 18.6 Å². The van der Waals surface area contributed by atoms with Gasteiger partial charge in [-0.05, 0) is 25.3 Å². The number of nitrogens with zero attached hydrogens (tertiary/aromatic N) is 4. The minimum atomic E-state index is -2.64. The fraction of sp³-hybridized carbons (Fsp3) is 0.577. The van der Waals surface area contributed by atoms with E-state index in [0.717, 1.165) is 36.1 Å². The molecule has 0 bridgehead atoms. The van der Waals surface area contributed by atoms with Gasteiger partial charge in [-0.25, -0.2) is 9.98 Å². The number of amides is 3.